The van der Waals surface area contributed by atoms with Crippen molar-refractivity contribution in [2.75, 3.05) is 0 Å². The molecular formula is C10H16N4O3. The zero-order chi connectivity index (χ0) is 12.8. The average molecular weight is 240 g/mol. The van der Waals surface area contributed by atoms with E-state index < -0.39 is 18.0 Å². The van der Waals surface area contributed by atoms with E-state index in [4.69, 9.17) is 5.11 Å². The van der Waals surface area contributed by atoms with Gasteiger partial charge in [-0.25, -0.2) is 14.6 Å². The van der Waals surface area contributed by atoms with E-state index in [0.29, 0.717) is 12.2 Å². The fraction of sp³-hybridized carbons (Fsp3) is 0.500. The van der Waals surface area contributed by atoms with Crippen LogP contribution in [0.25, 0.3) is 0 Å². The van der Waals surface area contributed by atoms with Gasteiger partial charge in [0.15, 0.2) is 0 Å². The van der Waals surface area contributed by atoms with Crippen LogP contribution >= 0.6 is 0 Å². The van der Waals surface area contributed by atoms with Crippen molar-refractivity contribution in [1.29, 1.82) is 0 Å². The Morgan fingerprint density at radius 2 is 2.29 bits per heavy atom. The number of amides is 2. The normalized spacial score (nSPS) is 11.9. The molecule has 2 amide bonds. The van der Waals surface area contributed by atoms with Gasteiger partial charge in [-0.3, -0.25) is 0 Å². The summed E-state index contributed by atoms with van der Waals surface area (Å²) in [7, 11) is 1.81. The number of rotatable bonds is 5. The Morgan fingerprint density at radius 3 is 2.76 bits per heavy atom. The van der Waals surface area contributed by atoms with E-state index in [0.717, 1.165) is 0 Å². The molecule has 0 aromatic carbocycles. The van der Waals surface area contributed by atoms with Crippen LogP contribution in [0.5, 0.6) is 0 Å². The number of carbonyl (C=O) groups excluding carboxylic acids is 1. The zero-order valence-electron chi connectivity index (χ0n) is 9.80. The van der Waals surface area contributed by atoms with Gasteiger partial charge in [-0.2, -0.15) is 0 Å². The molecule has 0 bridgehead atoms. The molecule has 0 saturated carbocycles. The van der Waals surface area contributed by atoms with E-state index in [1.54, 1.807) is 23.9 Å². The summed E-state index contributed by atoms with van der Waals surface area (Å²) in [4.78, 5) is 26.1. The molecule has 1 atom stereocenters. The molecule has 7 nitrogen and oxygen atoms in total. The molecule has 0 aliphatic carbocycles. The molecule has 17 heavy (non-hydrogen) atoms. The highest BCUT2D eigenvalue weighted by Crippen LogP contribution is 1.94. The van der Waals surface area contributed by atoms with Gasteiger partial charge in [0.05, 0.1) is 6.54 Å². The van der Waals surface area contributed by atoms with Crippen molar-refractivity contribution in [2.45, 2.75) is 25.9 Å². The second-order valence-electron chi connectivity index (χ2n) is 3.58. The first kappa shape index (κ1) is 13.0. The molecule has 3 N–H and O–H groups in total. The van der Waals surface area contributed by atoms with Crippen molar-refractivity contribution >= 4 is 12.0 Å². The largest absolute Gasteiger partial charge is 0.480 e. The van der Waals surface area contributed by atoms with Crippen LogP contribution in [0.1, 0.15) is 19.2 Å². The van der Waals surface area contributed by atoms with Gasteiger partial charge in [0.1, 0.15) is 11.9 Å². The summed E-state index contributed by atoms with van der Waals surface area (Å²) in [5.74, 6) is -0.344. The molecule has 1 unspecified atom stereocenters. The fourth-order valence-corrected chi connectivity index (χ4v) is 1.27. The molecule has 1 aromatic heterocycles. The molecular weight excluding hydrogens is 224 g/mol. The van der Waals surface area contributed by atoms with Crippen molar-refractivity contribution in [3.63, 3.8) is 0 Å². The second-order valence-corrected chi connectivity index (χ2v) is 3.58. The number of aromatic nitrogens is 2. The number of carbonyl (C=O) groups is 2. The van der Waals surface area contributed by atoms with Crippen LogP contribution < -0.4 is 10.6 Å². The summed E-state index contributed by atoms with van der Waals surface area (Å²) in [5.41, 5.74) is 0. The summed E-state index contributed by atoms with van der Waals surface area (Å²) in [6.07, 6.45) is 3.73. The summed E-state index contributed by atoms with van der Waals surface area (Å²) < 4.78 is 1.77. The molecule has 1 heterocycles. The summed E-state index contributed by atoms with van der Waals surface area (Å²) in [6, 6.07) is -1.38. The molecule has 94 valence electrons. The molecule has 0 radical (unpaired) electrons. The van der Waals surface area contributed by atoms with E-state index in [1.165, 1.54) is 0 Å². The number of aryl methyl sites for hydroxylation is 1. The SMILES string of the molecule is CCC(NC(=O)NCc1nccn1C)C(=O)O. The number of carboxylic acids is 1. The minimum atomic E-state index is -1.04. The standard InChI is InChI=1S/C10H16N4O3/c1-3-7(9(15)16)13-10(17)12-6-8-11-4-5-14(8)2/h4-5,7H,3,6H2,1-2H3,(H,15,16)(H2,12,13,17). The first-order valence-corrected chi connectivity index (χ1v) is 5.28. The van der Waals surface area contributed by atoms with Crippen LogP contribution in [0.3, 0.4) is 0 Å². The Balaban J connectivity index is 2.40. The predicted octanol–water partition coefficient (Wildman–Crippen LogP) is 0.0825. The van der Waals surface area contributed by atoms with Crippen LogP contribution in [-0.4, -0.2) is 32.7 Å². The van der Waals surface area contributed by atoms with Gasteiger partial charge in [0, 0.05) is 19.4 Å². The highest BCUT2D eigenvalue weighted by molar-refractivity contribution is 5.82. The topological polar surface area (TPSA) is 96.3 Å². The van der Waals surface area contributed by atoms with Gasteiger partial charge in [-0.1, -0.05) is 6.92 Å². The highest BCUT2D eigenvalue weighted by atomic mass is 16.4. The van der Waals surface area contributed by atoms with Gasteiger partial charge in [-0.05, 0) is 6.42 Å². The maximum absolute atomic E-state index is 11.4. The number of imidazole rings is 1. The number of aliphatic carboxylic acids is 1. The summed E-state index contributed by atoms with van der Waals surface area (Å²) in [5, 5.41) is 13.7. The molecule has 0 aliphatic heterocycles. The maximum atomic E-state index is 11.4. The van der Waals surface area contributed by atoms with Crippen molar-refractivity contribution in [1.82, 2.24) is 20.2 Å². The Kier molecular flexibility index (Phi) is 4.50. The third-order valence-corrected chi connectivity index (χ3v) is 2.34. The van der Waals surface area contributed by atoms with Crippen molar-refractivity contribution in [3.05, 3.63) is 18.2 Å². The van der Waals surface area contributed by atoms with Crippen LogP contribution in [0.2, 0.25) is 0 Å². The Bertz CT molecular complexity index is 402. The van der Waals surface area contributed by atoms with E-state index in [-0.39, 0.29) is 6.54 Å². The van der Waals surface area contributed by atoms with Crippen LogP contribution in [0, 0.1) is 0 Å². The first-order valence-electron chi connectivity index (χ1n) is 5.28. The second kappa shape index (κ2) is 5.88. The lowest BCUT2D eigenvalue weighted by Gasteiger charge is -2.12. The lowest BCUT2D eigenvalue weighted by atomic mass is 10.2. The molecule has 0 aliphatic rings. The van der Waals surface area contributed by atoms with Crippen molar-refractivity contribution in [3.8, 4) is 0 Å². The first-order chi connectivity index (χ1) is 8.04. The van der Waals surface area contributed by atoms with Crippen LogP contribution in [-0.2, 0) is 18.4 Å². The number of nitrogens with zero attached hydrogens (tertiary/aromatic N) is 2. The van der Waals surface area contributed by atoms with Crippen molar-refractivity contribution < 1.29 is 14.7 Å². The number of carboxylic acid groups (broad SMARTS) is 1. The van der Waals surface area contributed by atoms with E-state index in [2.05, 4.69) is 15.6 Å². The molecule has 0 spiro atoms. The lowest BCUT2D eigenvalue weighted by molar-refractivity contribution is -0.139. The Labute approximate surface area is 98.8 Å². The number of urea groups is 1. The van der Waals surface area contributed by atoms with Gasteiger partial charge in [-0.15, -0.1) is 0 Å². The van der Waals surface area contributed by atoms with Gasteiger partial charge in [0.25, 0.3) is 0 Å². The summed E-state index contributed by atoms with van der Waals surface area (Å²) in [6.45, 7) is 1.95. The lowest BCUT2D eigenvalue weighted by Crippen LogP contribution is -2.45. The minimum Gasteiger partial charge on any atom is -0.480 e. The van der Waals surface area contributed by atoms with Gasteiger partial charge >= 0.3 is 12.0 Å². The Hall–Kier alpha value is -2.05. The summed E-state index contributed by atoms with van der Waals surface area (Å²) >= 11 is 0. The van der Waals surface area contributed by atoms with E-state index in [1.807, 2.05) is 7.05 Å². The zero-order valence-corrected chi connectivity index (χ0v) is 9.80. The van der Waals surface area contributed by atoms with Gasteiger partial charge < -0.3 is 20.3 Å². The average Bonchev–Trinajstić information content (AvgIpc) is 2.68. The number of hydrogen-bond donors (Lipinski definition) is 3. The monoisotopic (exact) mass is 240 g/mol. The quantitative estimate of drug-likeness (QED) is 0.679. The maximum Gasteiger partial charge on any atom is 0.326 e. The Morgan fingerprint density at radius 1 is 1.59 bits per heavy atom. The van der Waals surface area contributed by atoms with E-state index in [9.17, 15) is 9.59 Å². The third-order valence-electron chi connectivity index (χ3n) is 2.34. The smallest absolute Gasteiger partial charge is 0.326 e. The molecule has 1 rings (SSSR count). The third kappa shape index (κ3) is 3.78. The van der Waals surface area contributed by atoms with E-state index >= 15 is 0 Å². The number of nitrogens with one attached hydrogen (secondary N) is 2. The number of hydrogen-bond acceptors (Lipinski definition) is 3. The minimum absolute atomic E-state index is 0.255. The predicted molar refractivity (Wildman–Crippen MR) is 60.3 cm³/mol. The van der Waals surface area contributed by atoms with Crippen LogP contribution in [0.4, 0.5) is 4.79 Å². The van der Waals surface area contributed by atoms with Crippen LogP contribution in [0.15, 0.2) is 12.4 Å². The molecule has 7 heteroatoms. The van der Waals surface area contributed by atoms with Crippen molar-refractivity contribution in [2.24, 2.45) is 7.05 Å². The molecule has 0 saturated heterocycles. The van der Waals surface area contributed by atoms with Gasteiger partial charge in [0.2, 0.25) is 0 Å². The molecule has 1 aromatic rings. The molecule has 0 fully saturated rings. The highest BCUT2D eigenvalue weighted by Gasteiger charge is 2.17. The fourth-order valence-electron chi connectivity index (χ4n) is 1.27.